The number of nitrogens with two attached hydrogens (primary N) is 1. The van der Waals surface area contributed by atoms with Gasteiger partial charge in [-0.1, -0.05) is 13.0 Å². The first kappa shape index (κ1) is 17.9. The summed E-state index contributed by atoms with van der Waals surface area (Å²) in [7, 11) is 0. The quantitative estimate of drug-likeness (QED) is 0.931. The van der Waals surface area contributed by atoms with Gasteiger partial charge < -0.3 is 5.73 Å². The molecule has 1 fully saturated rings. The molecule has 0 bridgehead atoms. The van der Waals surface area contributed by atoms with Crippen LogP contribution in [-0.4, -0.2) is 33.4 Å². The third-order valence-corrected chi connectivity index (χ3v) is 4.78. The summed E-state index contributed by atoms with van der Waals surface area (Å²) >= 11 is 0. The highest BCUT2D eigenvalue weighted by atomic mass is 35.5. The van der Waals surface area contributed by atoms with E-state index in [1.165, 1.54) is 12.8 Å². The predicted molar refractivity (Wildman–Crippen MR) is 95.1 cm³/mol. The van der Waals surface area contributed by atoms with Crippen molar-refractivity contribution >= 4 is 18.1 Å². The lowest BCUT2D eigenvalue weighted by Gasteiger charge is -2.39. The van der Waals surface area contributed by atoms with Crippen LogP contribution in [0.1, 0.15) is 31.0 Å². The summed E-state index contributed by atoms with van der Waals surface area (Å²) in [6, 6.07) is 5.89. The highest BCUT2D eigenvalue weighted by molar-refractivity contribution is 5.85. The predicted octanol–water partition coefficient (Wildman–Crippen LogP) is 1.98. The third kappa shape index (κ3) is 3.57. The molecule has 0 aliphatic carbocycles. The minimum absolute atomic E-state index is 0. The van der Waals surface area contributed by atoms with Crippen molar-refractivity contribution in [3.05, 3.63) is 46.0 Å². The van der Waals surface area contributed by atoms with Crippen LogP contribution < -0.4 is 11.3 Å². The van der Waals surface area contributed by atoms with Crippen molar-refractivity contribution in [2.75, 3.05) is 13.1 Å². The molecule has 0 aromatic carbocycles. The summed E-state index contributed by atoms with van der Waals surface area (Å²) in [4.78, 5) is 19.4. The fourth-order valence-electron chi connectivity index (χ4n) is 3.51. The van der Waals surface area contributed by atoms with Crippen molar-refractivity contribution in [3.63, 3.8) is 0 Å². The van der Waals surface area contributed by atoms with Crippen molar-refractivity contribution in [2.45, 2.75) is 39.3 Å². The number of likely N-dealkylation sites (tertiary alicyclic amines) is 1. The molecule has 6 heteroatoms. The van der Waals surface area contributed by atoms with Gasteiger partial charge in [-0.05, 0) is 43.9 Å². The molecule has 2 N–H and O–H groups in total. The topological polar surface area (TPSA) is 63.6 Å². The van der Waals surface area contributed by atoms with Crippen LogP contribution in [0.3, 0.4) is 0 Å². The molecule has 2 unspecified atom stereocenters. The lowest BCUT2D eigenvalue weighted by molar-refractivity contribution is 0.0978. The van der Waals surface area contributed by atoms with Crippen molar-refractivity contribution < 1.29 is 0 Å². The first-order valence-electron chi connectivity index (χ1n) is 8.02. The second-order valence-corrected chi connectivity index (χ2v) is 6.36. The molecule has 23 heavy (non-hydrogen) atoms. The maximum absolute atomic E-state index is 12.3. The molecule has 0 radical (unpaired) electrons. The molecule has 0 saturated carbocycles. The molecule has 0 spiro atoms. The van der Waals surface area contributed by atoms with Crippen LogP contribution in [0.15, 0.2) is 29.2 Å². The summed E-state index contributed by atoms with van der Waals surface area (Å²) in [5.41, 5.74) is 8.55. The zero-order chi connectivity index (χ0) is 15.7. The Balaban J connectivity index is 0.00000192. The Kier molecular flexibility index (Phi) is 5.79. The zero-order valence-corrected chi connectivity index (χ0v) is 14.6. The second-order valence-electron chi connectivity index (χ2n) is 6.36. The molecular formula is C17H25ClN4O. The second kappa shape index (κ2) is 7.43. The lowest BCUT2D eigenvalue weighted by atomic mass is 9.90. The maximum atomic E-state index is 12.3. The van der Waals surface area contributed by atoms with Crippen LogP contribution in [0, 0.1) is 12.8 Å². The maximum Gasteiger partial charge on any atom is 0.258 e. The number of aromatic nitrogens is 2. The molecule has 1 saturated heterocycles. The van der Waals surface area contributed by atoms with E-state index in [-0.39, 0.29) is 18.0 Å². The standard InChI is InChI=1S/C17H24N4O.ClH/c1-12-5-3-7-20(15(12)10-18)11-14-9-16(22)21-8-4-6-13(2)17(21)19-14;/h4,6,8-9,12,15H,3,5,7,10-11,18H2,1-2H3;1H. The molecule has 3 rings (SSSR count). The van der Waals surface area contributed by atoms with Gasteiger partial charge in [-0.25, -0.2) is 4.98 Å². The van der Waals surface area contributed by atoms with E-state index >= 15 is 0 Å². The first-order valence-corrected chi connectivity index (χ1v) is 8.02. The number of hydrogen-bond donors (Lipinski definition) is 1. The molecule has 1 aliphatic rings. The molecule has 3 heterocycles. The summed E-state index contributed by atoms with van der Waals surface area (Å²) in [5.74, 6) is 0.599. The Hall–Kier alpha value is -1.43. The van der Waals surface area contributed by atoms with E-state index in [9.17, 15) is 4.79 Å². The summed E-state index contributed by atoms with van der Waals surface area (Å²) < 4.78 is 1.61. The molecule has 2 aromatic heterocycles. The summed E-state index contributed by atoms with van der Waals surface area (Å²) in [6.07, 6.45) is 4.18. The van der Waals surface area contributed by atoms with Gasteiger partial charge in [-0.15, -0.1) is 12.4 Å². The Morgan fingerprint density at radius 3 is 2.96 bits per heavy atom. The average molecular weight is 337 g/mol. The van der Waals surface area contributed by atoms with Gasteiger partial charge in [-0.2, -0.15) is 0 Å². The number of rotatable bonds is 3. The SMILES string of the molecule is Cc1cccn2c(=O)cc(CN3CCCC(C)C3CN)nc12.Cl. The van der Waals surface area contributed by atoms with E-state index in [0.717, 1.165) is 23.4 Å². The van der Waals surface area contributed by atoms with Crippen LogP contribution in [0.2, 0.25) is 0 Å². The van der Waals surface area contributed by atoms with Gasteiger partial charge in [0, 0.05) is 31.4 Å². The highest BCUT2D eigenvalue weighted by Crippen LogP contribution is 2.23. The van der Waals surface area contributed by atoms with Crippen molar-refractivity contribution in [1.82, 2.24) is 14.3 Å². The molecule has 0 amide bonds. The summed E-state index contributed by atoms with van der Waals surface area (Å²) in [5, 5.41) is 0. The first-order chi connectivity index (χ1) is 10.6. The fourth-order valence-corrected chi connectivity index (χ4v) is 3.51. The number of halogens is 1. The van der Waals surface area contributed by atoms with E-state index in [1.54, 1.807) is 16.7 Å². The van der Waals surface area contributed by atoms with Crippen molar-refractivity contribution in [3.8, 4) is 0 Å². The van der Waals surface area contributed by atoms with Crippen LogP contribution in [0.25, 0.3) is 5.65 Å². The smallest absolute Gasteiger partial charge is 0.258 e. The van der Waals surface area contributed by atoms with E-state index in [2.05, 4.69) is 11.8 Å². The molecule has 126 valence electrons. The van der Waals surface area contributed by atoms with Crippen LogP contribution in [-0.2, 0) is 6.54 Å². The monoisotopic (exact) mass is 336 g/mol. The molecule has 2 atom stereocenters. The number of pyridine rings is 1. The number of fused-ring (bicyclic) bond motifs is 1. The highest BCUT2D eigenvalue weighted by Gasteiger charge is 2.27. The number of aryl methyl sites for hydroxylation is 1. The van der Waals surface area contributed by atoms with Gasteiger partial charge in [0.2, 0.25) is 0 Å². The normalized spacial score (nSPS) is 22.0. The third-order valence-electron chi connectivity index (χ3n) is 4.78. The van der Waals surface area contributed by atoms with E-state index in [4.69, 9.17) is 10.7 Å². The van der Waals surface area contributed by atoms with Gasteiger partial charge in [0.15, 0.2) is 0 Å². The Bertz CT molecular complexity index is 730. The van der Waals surface area contributed by atoms with Crippen molar-refractivity contribution in [1.29, 1.82) is 0 Å². The zero-order valence-electron chi connectivity index (χ0n) is 13.7. The van der Waals surface area contributed by atoms with Crippen LogP contribution >= 0.6 is 12.4 Å². The Morgan fingerprint density at radius 2 is 2.22 bits per heavy atom. The van der Waals surface area contributed by atoms with Crippen molar-refractivity contribution in [2.24, 2.45) is 11.7 Å². The largest absolute Gasteiger partial charge is 0.329 e. The van der Waals surface area contributed by atoms with E-state index in [1.807, 2.05) is 19.1 Å². The van der Waals surface area contributed by atoms with Gasteiger partial charge in [0.05, 0.1) is 5.69 Å². The van der Waals surface area contributed by atoms with Gasteiger partial charge in [0.1, 0.15) is 5.65 Å². The minimum atomic E-state index is -0.0157. The molecule has 2 aromatic rings. The Morgan fingerprint density at radius 1 is 1.43 bits per heavy atom. The molecule has 5 nitrogen and oxygen atoms in total. The molecular weight excluding hydrogens is 312 g/mol. The van der Waals surface area contributed by atoms with Crippen LogP contribution in [0.4, 0.5) is 0 Å². The van der Waals surface area contributed by atoms with Gasteiger partial charge >= 0.3 is 0 Å². The Labute approximate surface area is 142 Å². The molecule has 1 aliphatic heterocycles. The summed E-state index contributed by atoms with van der Waals surface area (Å²) in [6.45, 7) is 6.63. The minimum Gasteiger partial charge on any atom is -0.329 e. The lowest BCUT2D eigenvalue weighted by Crippen LogP contribution is -2.48. The van der Waals surface area contributed by atoms with E-state index < -0.39 is 0 Å². The van der Waals surface area contributed by atoms with E-state index in [0.29, 0.717) is 25.0 Å². The number of hydrogen-bond acceptors (Lipinski definition) is 4. The van der Waals surface area contributed by atoms with Gasteiger partial charge in [0.25, 0.3) is 5.56 Å². The average Bonchev–Trinajstić information content (AvgIpc) is 2.49. The number of nitrogens with zero attached hydrogens (tertiary/aromatic N) is 3. The fraction of sp³-hybridized carbons (Fsp3) is 0.529. The van der Waals surface area contributed by atoms with Gasteiger partial charge in [-0.3, -0.25) is 14.1 Å². The van der Waals surface area contributed by atoms with Crippen LogP contribution in [0.5, 0.6) is 0 Å². The number of piperidine rings is 1.